The van der Waals surface area contributed by atoms with Crippen molar-refractivity contribution in [2.45, 2.75) is 18.4 Å². The van der Waals surface area contributed by atoms with Gasteiger partial charge in [-0.2, -0.15) is 0 Å². The standard InChI is InChI=1S/C23H23NO5/c1-3-13-4-6-14(7-5-13)20-11-18(27)22-17(26)10-16(25)21(23(22)29-20)15-8-9-24(2)12-19(15)28/h3-7,10-11,15,19,25-26,28H,1,8-9,12H2,2H3/t15-,19+/m0/s1. The van der Waals surface area contributed by atoms with Gasteiger partial charge in [0.1, 0.15) is 28.2 Å². The van der Waals surface area contributed by atoms with Gasteiger partial charge >= 0.3 is 0 Å². The van der Waals surface area contributed by atoms with E-state index in [0.29, 0.717) is 29.9 Å². The molecule has 0 saturated carbocycles. The first-order chi connectivity index (χ1) is 13.9. The Hall–Kier alpha value is -3.09. The van der Waals surface area contributed by atoms with Crippen LogP contribution >= 0.6 is 0 Å². The van der Waals surface area contributed by atoms with Crippen molar-refractivity contribution in [3.63, 3.8) is 0 Å². The zero-order valence-corrected chi connectivity index (χ0v) is 16.1. The number of phenols is 2. The molecule has 1 aliphatic heterocycles. The lowest BCUT2D eigenvalue weighted by Crippen LogP contribution is -2.40. The number of rotatable bonds is 3. The van der Waals surface area contributed by atoms with Crippen molar-refractivity contribution in [2.24, 2.45) is 0 Å². The molecule has 6 nitrogen and oxygen atoms in total. The topological polar surface area (TPSA) is 94.1 Å². The van der Waals surface area contributed by atoms with E-state index in [0.717, 1.165) is 18.2 Å². The number of likely N-dealkylation sites (tertiary alicyclic amines) is 1. The van der Waals surface area contributed by atoms with Gasteiger partial charge < -0.3 is 24.6 Å². The molecule has 0 radical (unpaired) electrons. The SMILES string of the molecule is C=Cc1ccc(-c2cc(=O)c3c(O)cc(O)c([C@H]4CCN(C)C[C@H]4O)c3o2)cc1. The Bertz CT molecular complexity index is 1130. The van der Waals surface area contributed by atoms with E-state index in [9.17, 15) is 20.1 Å². The Morgan fingerprint density at radius 1 is 1.17 bits per heavy atom. The van der Waals surface area contributed by atoms with E-state index in [1.54, 1.807) is 6.08 Å². The Morgan fingerprint density at radius 2 is 1.90 bits per heavy atom. The number of hydrogen-bond acceptors (Lipinski definition) is 6. The van der Waals surface area contributed by atoms with Crippen molar-refractivity contribution in [3.8, 4) is 22.8 Å². The zero-order valence-electron chi connectivity index (χ0n) is 16.1. The normalized spacial score (nSPS) is 20.1. The van der Waals surface area contributed by atoms with Gasteiger partial charge in [-0.05, 0) is 25.6 Å². The third kappa shape index (κ3) is 3.41. The van der Waals surface area contributed by atoms with E-state index in [2.05, 4.69) is 6.58 Å². The van der Waals surface area contributed by atoms with Gasteiger partial charge in [-0.3, -0.25) is 4.79 Å². The maximum atomic E-state index is 12.8. The molecule has 1 fully saturated rings. The van der Waals surface area contributed by atoms with Gasteiger partial charge in [0.2, 0.25) is 0 Å². The molecule has 6 heteroatoms. The highest BCUT2D eigenvalue weighted by molar-refractivity contribution is 5.89. The summed E-state index contributed by atoms with van der Waals surface area (Å²) in [4.78, 5) is 14.8. The molecule has 3 aromatic rings. The summed E-state index contributed by atoms with van der Waals surface area (Å²) in [5.41, 5.74) is 1.69. The minimum absolute atomic E-state index is 0.00962. The predicted octanol–water partition coefficient (Wildman–Crippen LogP) is 3.29. The Balaban J connectivity index is 1.94. The summed E-state index contributed by atoms with van der Waals surface area (Å²) in [5.74, 6) is -0.612. The minimum atomic E-state index is -0.728. The number of β-amino-alcohol motifs (C(OH)–C–C–N with tert-alkyl or cyclic N) is 1. The van der Waals surface area contributed by atoms with E-state index in [4.69, 9.17) is 4.42 Å². The highest BCUT2D eigenvalue weighted by atomic mass is 16.3. The fraction of sp³-hybridized carbons (Fsp3) is 0.261. The summed E-state index contributed by atoms with van der Waals surface area (Å²) in [7, 11) is 1.92. The molecule has 0 amide bonds. The monoisotopic (exact) mass is 393 g/mol. The van der Waals surface area contributed by atoms with Crippen LogP contribution in [0.15, 0.2) is 52.2 Å². The highest BCUT2D eigenvalue weighted by Crippen LogP contribution is 2.42. The van der Waals surface area contributed by atoms with Crippen molar-refractivity contribution in [2.75, 3.05) is 20.1 Å². The fourth-order valence-electron chi connectivity index (χ4n) is 4.03. The Labute approximate surface area is 168 Å². The first-order valence-electron chi connectivity index (χ1n) is 9.51. The molecule has 0 aliphatic carbocycles. The lowest BCUT2D eigenvalue weighted by molar-refractivity contribution is 0.0630. The minimum Gasteiger partial charge on any atom is -0.507 e. The number of benzene rings is 2. The molecular formula is C23H23NO5. The third-order valence-corrected chi connectivity index (χ3v) is 5.58. The first kappa shape index (κ1) is 19.2. The lowest BCUT2D eigenvalue weighted by atomic mass is 9.85. The van der Waals surface area contributed by atoms with Crippen LogP contribution in [-0.2, 0) is 0 Å². The second-order valence-corrected chi connectivity index (χ2v) is 7.56. The number of likely N-dealkylation sites (N-methyl/N-ethyl adjacent to an activating group) is 1. The molecule has 1 aromatic heterocycles. The summed E-state index contributed by atoms with van der Waals surface area (Å²) in [6, 6.07) is 9.82. The molecule has 150 valence electrons. The van der Waals surface area contributed by atoms with E-state index >= 15 is 0 Å². The summed E-state index contributed by atoms with van der Waals surface area (Å²) in [6.07, 6.45) is 1.58. The van der Waals surface area contributed by atoms with Gasteiger partial charge in [-0.15, -0.1) is 0 Å². The van der Waals surface area contributed by atoms with Crippen LogP contribution < -0.4 is 5.43 Å². The van der Waals surface area contributed by atoms with Crippen LogP contribution in [0, 0.1) is 0 Å². The first-order valence-corrected chi connectivity index (χ1v) is 9.51. The number of nitrogens with zero attached hydrogens (tertiary/aromatic N) is 1. The van der Waals surface area contributed by atoms with Gasteiger partial charge in [0.25, 0.3) is 0 Å². The molecule has 3 N–H and O–H groups in total. The van der Waals surface area contributed by atoms with Crippen LogP contribution in [0.25, 0.3) is 28.4 Å². The van der Waals surface area contributed by atoms with Gasteiger partial charge in [0.15, 0.2) is 5.43 Å². The van der Waals surface area contributed by atoms with Gasteiger partial charge in [-0.1, -0.05) is 36.9 Å². The lowest BCUT2D eigenvalue weighted by Gasteiger charge is -2.34. The van der Waals surface area contributed by atoms with Gasteiger partial charge in [0, 0.05) is 35.7 Å². The number of fused-ring (bicyclic) bond motifs is 1. The number of aliphatic hydroxyl groups excluding tert-OH is 1. The molecule has 0 spiro atoms. The highest BCUT2D eigenvalue weighted by Gasteiger charge is 2.33. The maximum Gasteiger partial charge on any atom is 0.197 e. The van der Waals surface area contributed by atoms with Crippen molar-refractivity contribution < 1.29 is 19.7 Å². The van der Waals surface area contributed by atoms with Gasteiger partial charge in [0.05, 0.1) is 6.10 Å². The number of aliphatic hydroxyl groups is 1. The average molecular weight is 393 g/mol. The molecule has 29 heavy (non-hydrogen) atoms. The van der Waals surface area contributed by atoms with E-state index in [1.165, 1.54) is 6.07 Å². The van der Waals surface area contributed by atoms with Crippen LogP contribution in [0.4, 0.5) is 0 Å². The van der Waals surface area contributed by atoms with E-state index in [1.807, 2.05) is 36.2 Å². The van der Waals surface area contributed by atoms with E-state index in [-0.39, 0.29) is 22.5 Å². The molecule has 1 saturated heterocycles. The second-order valence-electron chi connectivity index (χ2n) is 7.56. The van der Waals surface area contributed by atoms with Crippen LogP contribution in [0.5, 0.6) is 11.5 Å². The molecule has 2 heterocycles. The summed E-state index contributed by atoms with van der Waals surface area (Å²) in [6.45, 7) is 4.90. The summed E-state index contributed by atoms with van der Waals surface area (Å²) < 4.78 is 6.05. The van der Waals surface area contributed by atoms with Crippen molar-refractivity contribution in [3.05, 3.63) is 64.3 Å². The van der Waals surface area contributed by atoms with Crippen LogP contribution in [-0.4, -0.2) is 46.5 Å². The number of phenolic OH excluding ortho intramolecular Hbond substituents is 2. The number of hydrogen-bond donors (Lipinski definition) is 3. The summed E-state index contributed by atoms with van der Waals surface area (Å²) >= 11 is 0. The smallest absolute Gasteiger partial charge is 0.197 e. The van der Waals surface area contributed by atoms with Gasteiger partial charge in [-0.25, -0.2) is 0 Å². The Kier molecular flexibility index (Phi) is 4.90. The molecule has 0 unspecified atom stereocenters. The zero-order chi connectivity index (χ0) is 20.7. The maximum absolute atomic E-state index is 12.8. The van der Waals surface area contributed by atoms with Crippen LogP contribution in [0.2, 0.25) is 0 Å². The molecule has 0 bridgehead atoms. The predicted molar refractivity (Wildman–Crippen MR) is 112 cm³/mol. The van der Waals surface area contributed by atoms with Crippen molar-refractivity contribution in [1.29, 1.82) is 0 Å². The largest absolute Gasteiger partial charge is 0.507 e. The van der Waals surface area contributed by atoms with E-state index < -0.39 is 17.5 Å². The third-order valence-electron chi connectivity index (χ3n) is 5.58. The molecule has 2 atom stereocenters. The molecular weight excluding hydrogens is 370 g/mol. The molecule has 4 rings (SSSR count). The quantitative estimate of drug-likeness (QED) is 0.632. The molecule has 2 aromatic carbocycles. The summed E-state index contributed by atoms with van der Waals surface area (Å²) in [5, 5.41) is 31.5. The Morgan fingerprint density at radius 3 is 2.55 bits per heavy atom. The van der Waals surface area contributed by atoms with Crippen molar-refractivity contribution in [1.82, 2.24) is 4.90 Å². The second kappa shape index (κ2) is 7.39. The van der Waals surface area contributed by atoms with Crippen LogP contribution in [0.3, 0.4) is 0 Å². The number of piperidine rings is 1. The molecule has 1 aliphatic rings. The van der Waals surface area contributed by atoms with Crippen molar-refractivity contribution >= 4 is 17.0 Å². The fourth-order valence-corrected chi connectivity index (χ4v) is 4.03. The van der Waals surface area contributed by atoms with Crippen LogP contribution in [0.1, 0.15) is 23.5 Å². The average Bonchev–Trinajstić information content (AvgIpc) is 2.69. The number of aromatic hydroxyl groups is 2.